The number of nitrogens with zero attached hydrogens (tertiary/aromatic N) is 1. The Morgan fingerprint density at radius 1 is 0.909 bits per heavy atom. The number of carbonyl (C=O) groups is 2. The maximum absolute atomic E-state index is 12.6. The number of carboxylic acids is 1. The number of nitriles is 1. The molecule has 0 unspecified atom stereocenters. The lowest BCUT2D eigenvalue weighted by molar-refractivity contribution is -0.139. The molecule has 0 fully saturated rings. The van der Waals surface area contributed by atoms with E-state index in [4.69, 9.17) is 47.8 Å². The number of benzene rings is 3. The molecule has 0 amide bonds. The van der Waals surface area contributed by atoms with Crippen LogP contribution in [0.1, 0.15) is 21.5 Å². The molecule has 0 aliphatic carbocycles. The van der Waals surface area contributed by atoms with Gasteiger partial charge in [-0.05, 0) is 61.0 Å². The molecular weight excluding hydrogens is 469 g/mol. The number of hydrogen-bond acceptors (Lipinski definition) is 6. The molecular formula is C24H17Cl2NO6. The van der Waals surface area contributed by atoms with Crippen LogP contribution in [0.15, 0.2) is 54.6 Å². The number of halogens is 2. The zero-order valence-corrected chi connectivity index (χ0v) is 18.8. The van der Waals surface area contributed by atoms with E-state index in [1.54, 1.807) is 25.1 Å². The van der Waals surface area contributed by atoms with Crippen molar-refractivity contribution in [2.75, 3.05) is 13.2 Å². The van der Waals surface area contributed by atoms with Crippen molar-refractivity contribution in [1.29, 1.82) is 5.26 Å². The van der Waals surface area contributed by atoms with E-state index in [0.29, 0.717) is 38.2 Å². The Kier molecular flexibility index (Phi) is 7.78. The molecule has 168 valence electrons. The minimum Gasteiger partial charge on any atom is -0.482 e. The lowest BCUT2D eigenvalue weighted by Crippen LogP contribution is -2.13. The Morgan fingerprint density at radius 3 is 2.33 bits per heavy atom. The van der Waals surface area contributed by atoms with Gasteiger partial charge in [0.2, 0.25) is 0 Å². The fraction of sp³-hybridized carbons (Fsp3) is 0.125. The first-order valence-electron chi connectivity index (χ1n) is 9.54. The van der Waals surface area contributed by atoms with Gasteiger partial charge in [-0.3, -0.25) is 4.79 Å². The van der Waals surface area contributed by atoms with Crippen LogP contribution in [0.5, 0.6) is 23.0 Å². The minimum atomic E-state index is -1.09. The summed E-state index contributed by atoms with van der Waals surface area (Å²) in [6, 6.07) is 15.9. The van der Waals surface area contributed by atoms with E-state index in [2.05, 4.69) is 0 Å². The Morgan fingerprint density at radius 2 is 1.64 bits per heavy atom. The standard InChI is InChI=1S/C24H17Cl2NO6/c1-14-6-16(2-4-21(14)32-13-24(29)30)20(28)12-31-22-5-3-17(25)10-23(22)33-19-8-15(11-27)7-18(26)9-19/h2-10H,12-13H2,1H3,(H,29,30). The van der Waals surface area contributed by atoms with Gasteiger partial charge < -0.3 is 19.3 Å². The van der Waals surface area contributed by atoms with Gasteiger partial charge in [0, 0.05) is 21.7 Å². The number of Topliss-reactive ketones (excluding diaryl/α,β-unsaturated/α-hetero) is 1. The van der Waals surface area contributed by atoms with Crippen LogP contribution >= 0.6 is 23.2 Å². The third kappa shape index (κ3) is 6.62. The van der Waals surface area contributed by atoms with Gasteiger partial charge in [-0.15, -0.1) is 0 Å². The van der Waals surface area contributed by atoms with E-state index in [9.17, 15) is 9.59 Å². The molecule has 3 rings (SSSR count). The highest BCUT2D eigenvalue weighted by molar-refractivity contribution is 6.31. The average molecular weight is 486 g/mol. The topological polar surface area (TPSA) is 106 Å². The second-order valence-corrected chi connectivity index (χ2v) is 7.73. The largest absolute Gasteiger partial charge is 0.482 e. The molecule has 0 heterocycles. The first kappa shape index (κ1) is 23.9. The molecule has 3 aromatic rings. The van der Waals surface area contributed by atoms with Crippen LogP contribution in [0.25, 0.3) is 0 Å². The Balaban J connectivity index is 1.73. The summed E-state index contributed by atoms with van der Waals surface area (Å²) in [7, 11) is 0. The molecule has 1 N–H and O–H groups in total. The molecule has 0 bridgehead atoms. The second-order valence-electron chi connectivity index (χ2n) is 6.86. The van der Waals surface area contributed by atoms with Gasteiger partial charge in [0.05, 0.1) is 11.6 Å². The normalized spacial score (nSPS) is 10.2. The summed E-state index contributed by atoms with van der Waals surface area (Å²) in [6.07, 6.45) is 0. The van der Waals surface area contributed by atoms with E-state index in [0.717, 1.165) is 0 Å². The van der Waals surface area contributed by atoms with Crippen LogP contribution in [0.3, 0.4) is 0 Å². The highest BCUT2D eigenvalue weighted by atomic mass is 35.5. The summed E-state index contributed by atoms with van der Waals surface area (Å²) in [5.41, 5.74) is 1.32. The van der Waals surface area contributed by atoms with Gasteiger partial charge in [-0.2, -0.15) is 5.26 Å². The maximum atomic E-state index is 12.6. The third-order valence-electron chi connectivity index (χ3n) is 4.34. The highest BCUT2D eigenvalue weighted by Crippen LogP contribution is 2.35. The molecule has 3 aromatic carbocycles. The molecule has 0 spiro atoms. The molecule has 7 nitrogen and oxygen atoms in total. The quantitative estimate of drug-likeness (QED) is 0.387. The number of carbonyl (C=O) groups excluding carboxylic acids is 1. The van der Waals surface area contributed by atoms with E-state index >= 15 is 0 Å². The third-order valence-corrected chi connectivity index (χ3v) is 4.79. The predicted molar refractivity (Wildman–Crippen MR) is 122 cm³/mol. The number of ketones is 1. The molecule has 0 saturated carbocycles. The van der Waals surface area contributed by atoms with Gasteiger partial charge in [0.25, 0.3) is 0 Å². The van der Waals surface area contributed by atoms with Crippen LogP contribution in [0.4, 0.5) is 0 Å². The average Bonchev–Trinajstić information content (AvgIpc) is 2.77. The van der Waals surface area contributed by atoms with Crippen molar-refractivity contribution in [1.82, 2.24) is 0 Å². The monoisotopic (exact) mass is 485 g/mol. The van der Waals surface area contributed by atoms with E-state index in [1.165, 1.54) is 36.4 Å². The summed E-state index contributed by atoms with van der Waals surface area (Å²) in [5.74, 6) is -0.199. The molecule has 0 aromatic heterocycles. The summed E-state index contributed by atoms with van der Waals surface area (Å²) in [6.45, 7) is 0.950. The van der Waals surface area contributed by atoms with Gasteiger partial charge in [-0.25, -0.2) is 4.79 Å². The van der Waals surface area contributed by atoms with Crippen LogP contribution in [0.2, 0.25) is 10.0 Å². The van der Waals surface area contributed by atoms with Crippen LogP contribution in [0, 0.1) is 18.3 Å². The first-order chi connectivity index (χ1) is 15.7. The smallest absolute Gasteiger partial charge is 0.341 e. The van der Waals surface area contributed by atoms with Crippen LogP contribution in [-0.4, -0.2) is 30.1 Å². The summed E-state index contributed by atoms with van der Waals surface area (Å²) < 4.78 is 16.7. The van der Waals surface area contributed by atoms with Crippen LogP contribution in [-0.2, 0) is 4.79 Å². The maximum Gasteiger partial charge on any atom is 0.341 e. The lowest BCUT2D eigenvalue weighted by atomic mass is 10.1. The summed E-state index contributed by atoms with van der Waals surface area (Å²) in [5, 5.41) is 18.6. The van der Waals surface area contributed by atoms with Crippen molar-refractivity contribution in [3.8, 4) is 29.1 Å². The van der Waals surface area contributed by atoms with Gasteiger partial charge in [0.1, 0.15) is 11.5 Å². The highest BCUT2D eigenvalue weighted by Gasteiger charge is 2.14. The van der Waals surface area contributed by atoms with E-state index in [1.807, 2.05) is 6.07 Å². The zero-order valence-electron chi connectivity index (χ0n) is 17.3. The molecule has 0 aliphatic heterocycles. The van der Waals surface area contributed by atoms with Crippen molar-refractivity contribution in [3.05, 3.63) is 81.3 Å². The Hall–Kier alpha value is -3.73. The van der Waals surface area contributed by atoms with Crippen LogP contribution < -0.4 is 14.2 Å². The molecule has 0 radical (unpaired) electrons. The van der Waals surface area contributed by atoms with Crippen molar-refractivity contribution in [3.63, 3.8) is 0 Å². The number of aliphatic carboxylic acids is 1. The molecule has 0 atom stereocenters. The Bertz CT molecular complexity index is 1250. The SMILES string of the molecule is Cc1cc(C(=O)COc2ccc(Cl)cc2Oc2cc(Cl)cc(C#N)c2)ccc1OCC(=O)O. The summed E-state index contributed by atoms with van der Waals surface area (Å²) in [4.78, 5) is 23.3. The minimum absolute atomic E-state index is 0.245. The van der Waals surface area contributed by atoms with Gasteiger partial charge in [-0.1, -0.05) is 23.2 Å². The number of ether oxygens (including phenoxy) is 3. The molecule has 33 heavy (non-hydrogen) atoms. The first-order valence-corrected chi connectivity index (χ1v) is 10.3. The number of carboxylic acid groups (broad SMARTS) is 1. The fourth-order valence-corrected chi connectivity index (χ4v) is 3.23. The number of hydrogen-bond donors (Lipinski definition) is 1. The van der Waals surface area contributed by atoms with E-state index in [-0.39, 0.29) is 23.9 Å². The Labute approximate surface area is 199 Å². The van der Waals surface area contributed by atoms with Crippen molar-refractivity contribution in [2.24, 2.45) is 0 Å². The second kappa shape index (κ2) is 10.7. The van der Waals surface area contributed by atoms with E-state index < -0.39 is 12.6 Å². The van der Waals surface area contributed by atoms with Crippen molar-refractivity contribution in [2.45, 2.75) is 6.92 Å². The molecule has 0 saturated heterocycles. The van der Waals surface area contributed by atoms with Gasteiger partial charge >= 0.3 is 5.97 Å². The fourth-order valence-electron chi connectivity index (χ4n) is 2.84. The molecule has 9 heteroatoms. The summed E-state index contributed by atoms with van der Waals surface area (Å²) >= 11 is 12.1. The van der Waals surface area contributed by atoms with Crippen molar-refractivity contribution < 1.29 is 28.9 Å². The number of aryl methyl sites for hydroxylation is 1. The lowest BCUT2D eigenvalue weighted by Gasteiger charge is -2.13. The van der Waals surface area contributed by atoms with Crippen molar-refractivity contribution >= 4 is 35.0 Å². The number of rotatable bonds is 9. The molecule has 0 aliphatic rings. The predicted octanol–water partition coefficient (Wildman–Crippen LogP) is 5.69. The van der Waals surface area contributed by atoms with Gasteiger partial charge in [0.15, 0.2) is 30.5 Å². The zero-order chi connectivity index (χ0) is 24.0.